The largest absolute Gasteiger partial charge is 0.460 e. The fourth-order valence-corrected chi connectivity index (χ4v) is 2.83. The fourth-order valence-electron chi connectivity index (χ4n) is 2.04. The molecule has 6 heteroatoms. The van der Waals surface area contributed by atoms with E-state index < -0.39 is 5.97 Å². The minimum Gasteiger partial charge on any atom is -0.460 e. The number of benzene rings is 2. The third kappa shape index (κ3) is 5.46. The summed E-state index contributed by atoms with van der Waals surface area (Å²) in [6.07, 6.45) is 0.658. The van der Waals surface area contributed by atoms with Gasteiger partial charge in [-0.25, -0.2) is 4.79 Å². The molecule has 0 spiro atoms. The van der Waals surface area contributed by atoms with Crippen LogP contribution >= 0.6 is 31.9 Å². The summed E-state index contributed by atoms with van der Waals surface area (Å²) in [5, 5.41) is 2.88. The summed E-state index contributed by atoms with van der Waals surface area (Å²) in [5.74, 6) is -0.604. The molecule has 0 aliphatic heterocycles. The number of hydrogen-bond acceptors (Lipinski definition) is 3. The van der Waals surface area contributed by atoms with E-state index >= 15 is 0 Å². The average molecular weight is 455 g/mol. The Hall–Kier alpha value is -1.66. The molecule has 0 aromatic heterocycles. The first-order valence-corrected chi connectivity index (χ1v) is 9.07. The summed E-state index contributed by atoms with van der Waals surface area (Å²) in [6.45, 7) is 2.06. The summed E-state index contributed by atoms with van der Waals surface area (Å²) >= 11 is 6.66. The smallest absolute Gasteiger partial charge is 0.338 e. The van der Waals surface area contributed by atoms with Crippen LogP contribution in [0.15, 0.2) is 57.5 Å². The molecule has 1 unspecified atom stereocenters. The Balaban J connectivity index is 1.92. The first kappa shape index (κ1) is 18.7. The number of nitrogens with one attached hydrogen (secondary N) is 1. The molecule has 2 rings (SSSR count). The van der Waals surface area contributed by atoms with Crippen molar-refractivity contribution in [1.29, 1.82) is 0 Å². The number of ether oxygens (including phenoxy) is 1. The summed E-state index contributed by atoms with van der Waals surface area (Å²) in [5.41, 5.74) is 1.03. The quantitative estimate of drug-likeness (QED) is 0.650. The normalized spacial score (nSPS) is 11.6. The monoisotopic (exact) mass is 453 g/mol. The van der Waals surface area contributed by atoms with Crippen molar-refractivity contribution in [3.63, 3.8) is 0 Å². The van der Waals surface area contributed by atoms with Crippen LogP contribution in [-0.4, -0.2) is 24.5 Å². The van der Waals surface area contributed by atoms with Crippen molar-refractivity contribution in [3.05, 3.63) is 68.6 Å². The maximum absolute atomic E-state index is 12.2. The lowest BCUT2D eigenvalue weighted by atomic mass is 10.2. The molecule has 0 aliphatic carbocycles. The second kappa shape index (κ2) is 8.99. The van der Waals surface area contributed by atoms with Crippen molar-refractivity contribution in [1.82, 2.24) is 5.32 Å². The van der Waals surface area contributed by atoms with E-state index in [1.807, 2.05) is 19.1 Å². The molecule has 0 aliphatic rings. The van der Waals surface area contributed by atoms with Crippen LogP contribution in [0, 0.1) is 0 Å². The van der Waals surface area contributed by atoms with Gasteiger partial charge in [-0.3, -0.25) is 4.79 Å². The lowest BCUT2D eigenvalue weighted by Gasteiger charge is -2.17. The molecule has 0 fully saturated rings. The van der Waals surface area contributed by atoms with Crippen LogP contribution in [-0.2, 0) is 4.74 Å². The molecule has 24 heavy (non-hydrogen) atoms. The first-order valence-electron chi connectivity index (χ1n) is 7.48. The van der Waals surface area contributed by atoms with E-state index in [9.17, 15) is 9.59 Å². The fraction of sp³-hybridized carbons (Fsp3) is 0.222. The Kier molecular flexibility index (Phi) is 6.99. The average Bonchev–Trinajstić information content (AvgIpc) is 2.58. The predicted molar refractivity (Wildman–Crippen MR) is 100 cm³/mol. The van der Waals surface area contributed by atoms with Crippen molar-refractivity contribution >= 4 is 43.7 Å². The van der Waals surface area contributed by atoms with Crippen molar-refractivity contribution < 1.29 is 14.3 Å². The highest BCUT2D eigenvalue weighted by Gasteiger charge is 2.15. The highest BCUT2D eigenvalue weighted by Crippen LogP contribution is 2.13. The molecule has 4 nitrogen and oxygen atoms in total. The van der Waals surface area contributed by atoms with Gasteiger partial charge in [0.05, 0.1) is 11.6 Å². The highest BCUT2D eigenvalue weighted by molar-refractivity contribution is 9.10. The van der Waals surface area contributed by atoms with Gasteiger partial charge in [0.25, 0.3) is 5.91 Å². The zero-order valence-corrected chi connectivity index (χ0v) is 16.3. The Labute approximate surface area is 157 Å². The molecule has 0 heterocycles. The van der Waals surface area contributed by atoms with Gasteiger partial charge in [-0.05, 0) is 42.8 Å². The SMILES string of the molecule is CCC(COC(=O)c1cccc(Br)c1)NC(=O)c1cccc(Br)c1. The second-order valence-electron chi connectivity index (χ2n) is 5.20. The van der Waals surface area contributed by atoms with Gasteiger partial charge in [0, 0.05) is 14.5 Å². The Morgan fingerprint density at radius 3 is 2.21 bits per heavy atom. The Morgan fingerprint density at radius 2 is 1.62 bits per heavy atom. The topological polar surface area (TPSA) is 55.4 Å². The Morgan fingerprint density at radius 1 is 1.04 bits per heavy atom. The molecule has 2 aromatic rings. The van der Waals surface area contributed by atoms with Gasteiger partial charge in [-0.15, -0.1) is 0 Å². The lowest BCUT2D eigenvalue weighted by molar-refractivity contribution is 0.0454. The number of carbonyl (C=O) groups excluding carboxylic acids is 2. The number of hydrogen-bond donors (Lipinski definition) is 1. The molecule has 1 amide bonds. The lowest BCUT2D eigenvalue weighted by Crippen LogP contribution is -2.38. The summed E-state index contributed by atoms with van der Waals surface area (Å²) < 4.78 is 6.96. The van der Waals surface area contributed by atoms with Crippen LogP contribution in [0.4, 0.5) is 0 Å². The van der Waals surface area contributed by atoms with Gasteiger partial charge in [0.1, 0.15) is 6.61 Å². The van der Waals surface area contributed by atoms with Gasteiger partial charge < -0.3 is 10.1 Å². The van der Waals surface area contributed by atoms with Crippen molar-refractivity contribution in [3.8, 4) is 0 Å². The zero-order chi connectivity index (χ0) is 17.5. The molecule has 126 valence electrons. The predicted octanol–water partition coefficient (Wildman–Crippen LogP) is 4.58. The van der Waals surface area contributed by atoms with Crippen LogP contribution in [0.25, 0.3) is 0 Å². The van der Waals surface area contributed by atoms with Crippen LogP contribution in [0.2, 0.25) is 0 Å². The van der Waals surface area contributed by atoms with Crippen LogP contribution in [0.3, 0.4) is 0 Å². The first-order chi connectivity index (χ1) is 11.5. The molecular weight excluding hydrogens is 438 g/mol. The van der Waals surface area contributed by atoms with E-state index in [1.54, 1.807) is 36.4 Å². The number of rotatable bonds is 6. The van der Waals surface area contributed by atoms with Crippen LogP contribution in [0.5, 0.6) is 0 Å². The standard InChI is InChI=1S/C18H17Br2NO3/c1-2-16(21-17(22)12-5-3-7-14(19)9-12)11-24-18(23)13-6-4-8-15(20)10-13/h3-10,16H,2,11H2,1H3,(H,21,22). The molecule has 0 saturated heterocycles. The Bertz CT molecular complexity index is 734. The number of halogens is 2. The number of esters is 1. The maximum Gasteiger partial charge on any atom is 0.338 e. The van der Waals surface area contributed by atoms with Gasteiger partial charge in [-0.2, -0.15) is 0 Å². The third-order valence-corrected chi connectivity index (χ3v) is 4.38. The molecule has 1 atom stereocenters. The van der Waals surface area contributed by atoms with Crippen molar-refractivity contribution in [2.24, 2.45) is 0 Å². The van der Waals surface area contributed by atoms with Crippen LogP contribution < -0.4 is 5.32 Å². The summed E-state index contributed by atoms with van der Waals surface area (Å²) in [7, 11) is 0. The van der Waals surface area contributed by atoms with E-state index in [1.165, 1.54) is 0 Å². The summed E-state index contributed by atoms with van der Waals surface area (Å²) in [6, 6.07) is 13.9. The van der Waals surface area contributed by atoms with E-state index in [0.717, 1.165) is 8.95 Å². The van der Waals surface area contributed by atoms with Gasteiger partial charge in [0.2, 0.25) is 0 Å². The van der Waals surface area contributed by atoms with E-state index in [-0.39, 0.29) is 18.6 Å². The van der Waals surface area contributed by atoms with Gasteiger partial charge in [0.15, 0.2) is 0 Å². The van der Waals surface area contributed by atoms with E-state index in [4.69, 9.17) is 4.74 Å². The van der Waals surface area contributed by atoms with Gasteiger partial charge >= 0.3 is 5.97 Å². The van der Waals surface area contributed by atoms with Gasteiger partial charge in [-0.1, -0.05) is 50.9 Å². The molecular formula is C18H17Br2NO3. The van der Waals surface area contributed by atoms with Crippen molar-refractivity contribution in [2.45, 2.75) is 19.4 Å². The minimum atomic E-state index is -0.411. The molecule has 0 bridgehead atoms. The third-order valence-electron chi connectivity index (χ3n) is 3.39. The zero-order valence-electron chi connectivity index (χ0n) is 13.1. The highest BCUT2D eigenvalue weighted by atomic mass is 79.9. The number of amides is 1. The molecule has 1 N–H and O–H groups in total. The maximum atomic E-state index is 12.2. The van der Waals surface area contributed by atoms with Crippen LogP contribution in [0.1, 0.15) is 34.1 Å². The summed E-state index contributed by atoms with van der Waals surface area (Å²) in [4.78, 5) is 24.3. The van der Waals surface area contributed by atoms with E-state index in [2.05, 4.69) is 37.2 Å². The number of carbonyl (C=O) groups is 2. The van der Waals surface area contributed by atoms with Crippen molar-refractivity contribution in [2.75, 3.05) is 6.61 Å². The molecule has 0 saturated carbocycles. The molecule has 2 aromatic carbocycles. The second-order valence-corrected chi connectivity index (χ2v) is 7.03. The van der Waals surface area contributed by atoms with E-state index in [0.29, 0.717) is 17.5 Å². The minimum absolute atomic E-state index is 0.127. The molecule has 0 radical (unpaired) electrons.